The third-order valence-corrected chi connectivity index (χ3v) is 3.89. The summed E-state index contributed by atoms with van der Waals surface area (Å²) in [6.45, 7) is 8.97. The molecule has 2 aromatic rings. The molecule has 0 saturated carbocycles. The summed E-state index contributed by atoms with van der Waals surface area (Å²) in [7, 11) is 0. The smallest absolute Gasteiger partial charge is 0.119 e. The van der Waals surface area contributed by atoms with Gasteiger partial charge in [0.25, 0.3) is 0 Å². The highest BCUT2D eigenvalue weighted by molar-refractivity contribution is 5.44. The Bertz CT molecular complexity index is 597. The minimum absolute atomic E-state index is 0.437. The largest absolute Gasteiger partial charge is 0.508 e. The van der Waals surface area contributed by atoms with Gasteiger partial charge in [-0.3, -0.25) is 0 Å². The molecule has 0 aromatic heterocycles. The predicted molar refractivity (Wildman–Crippen MR) is 94.4 cm³/mol. The lowest BCUT2D eigenvalue weighted by molar-refractivity contribution is 0.467. The third kappa shape index (κ3) is 4.62. The molecule has 2 aromatic carbocycles. The number of phenols is 1. The van der Waals surface area contributed by atoms with Gasteiger partial charge in [0.1, 0.15) is 5.75 Å². The van der Waals surface area contributed by atoms with E-state index in [4.69, 9.17) is 0 Å². The number of hydrogen-bond acceptors (Lipinski definition) is 1. The van der Waals surface area contributed by atoms with Crippen LogP contribution in [0.4, 0.5) is 0 Å². The summed E-state index contributed by atoms with van der Waals surface area (Å²) in [5, 5.41) is 10.4. The number of hydrogen-bond donors (Lipinski definition) is 1. The van der Waals surface area contributed by atoms with Crippen molar-refractivity contribution in [1.29, 1.82) is 0 Å². The van der Waals surface area contributed by atoms with E-state index in [1.807, 2.05) is 12.1 Å². The Labute approximate surface area is 135 Å². The predicted octanol–water partition coefficient (Wildman–Crippen LogP) is 5.38. The van der Waals surface area contributed by atoms with Crippen LogP contribution in [0.5, 0.6) is 5.75 Å². The van der Waals surface area contributed by atoms with E-state index in [0.29, 0.717) is 17.6 Å². The lowest BCUT2D eigenvalue weighted by atomic mass is 9.89. The number of rotatable bonds is 6. The van der Waals surface area contributed by atoms with E-state index >= 15 is 0 Å². The lowest BCUT2D eigenvalue weighted by Gasteiger charge is -2.17. The van der Waals surface area contributed by atoms with Crippen LogP contribution in [-0.2, 0) is 19.3 Å². The van der Waals surface area contributed by atoms with E-state index in [1.54, 1.807) is 0 Å². The van der Waals surface area contributed by atoms with E-state index in [-0.39, 0.29) is 0 Å². The Balaban J connectivity index is 2.34. The fraction of sp³-hybridized carbons (Fsp3) is 0.429. The third-order valence-electron chi connectivity index (χ3n) is 3.89. The van der Waals surface area contributed by atoms with Gasteiger partial charge >= 0.3 is 0 Å². The molecule has 0 radical (unpaired) electrons. The van der Waals surface area contributed by atoms with E-state index in [2.05, 4.69) is 58.0 Å². The maximum absolute atomic E-state index is 10.4. The van der Waals surface area contributed by atoms with Crippen molar-refractivity contribution in [3.05, 3.63) is 64.7 Å². The minimum Gasteiger partial charge on any atom is -0.508 e. The van der Waals surface area contributed by atoms with Crippen molar-refractivity contribution in [2.24, 2.45) is 11.8 Å². The first-order chi connectivity index (χ1) is 10.5. The summed E-state index contributed by atoms with van der Waals surface area (Å²) in [6.07, 6.45) is 2.89. The molecule has 22 heavy (non-hydrogen) atoms. The molecule has 1 heteroatoms. The van der Waals surface area contributed by atoms with Crippen LogP contribution in [0, 0.1) is 11.8 Å². The molecule has 0 heterocycles. The Kier molecular flexibility index (Phi) is 5.65. The molecule has 0 fully saturated rings. The molecule has 2 rings (SSSR count). The summed E-state index contributed by atoms with van der Waals surface area (Å²) >= 11 is 0. The quantitative estimate of drug-likeness (QED) is 0.758. The zero-order valence-corrected chi connectivity index (χ0v) is 14.3. The second kappa shape index (κ2) is 7.49. The molecule has 0 amide bonds. The summed E-state index contributed by atoms with van der Waals surface area (Å²) < 4.78 is 0. The molecule has 0 aliphatic rings. The van der Waals surface area contributed by atoms with Crippen molar-refractivity contribution in [3.63, 3.8) is 0 Å². The molecule has 0 bridgehead atoms. The first-order valence-corrected chi connectivity index (χ1v) is 8.33. The lowest BCUT2D eigenvalue weighted by Crippen LogP contribution is -2.05. The van der Waals surface area contributed by atoms with Gasteiger partial charge in [-0.15, -0.1) is 0 Å². The first kappa shape index (κ1) is 16.6. The molecule has 0 atom stereocenters. The zero-order valence-electron chi connectivity index (χ0n) is 14.3. The molecule has 0 spiro atoms. The van der Waals surface area contributed by atoms with Gasteiger partial charge in [0.2, 0.25) is 0 Å². The molecule has 0 aliphatic heterocycles. The van der Waals surface area contributed by atoms with Gasteiger partial charge in [0.15, 0.2) is 0 Å². The van der Waals surface area contributed by atoms with Crippen LogP contribution in [0.3, 0.4) is 0 Å². The van der Waals surface area contributed by atoms with E-state index < -0.39 is 0 Å². The summed E-state index contributed by atoms with van der Waals surface area (Å²) in [4.78, 5) is 0. The van der Waals surface area contributed by atoms with Gasteiger partial charge < -0.3 is 5.11 Å². The fourth-order valence-electron chi connectivity index (χ4n) is 2.94. The van der Waals surface area contributed by atoms with Gasteiger partial charge in [-0.05, 0) is 53.0 Å². The summed E-state index contributed by atoms with van der Waals surface area (Å²) in [5.41, 5.74) is 4.98. The van der Waals surface area contributed by atoms with Crippen LogP contribution in [0.2, 0.25) is 0 Å². The van der Waals surface area contributed by atoms with Crippen LogP contribution in [0.1, 0.15) is 49.9 Å². The standard InChI is InChI=1S/C21H28O/c1-15(2)10-18-13-20(12-17-8-6-5-7-9-17)21(22)14-19(18)11-16(3)4/h5-9,13-16,22H,10-12H2,1-4H3. The summed E-state index contributed by atoms with van der Waals surface area (Å²) in [5.74, 6) is 1.66. The van der Waals surface area contributed by atoms with Crippen molar-refractivity contribution in [2.75, 3.05) is 0 Å². The molecule has 118 valence electrons. The monoisotopic (exact) mass is 296 g/mol. The molecule has 0 saturated heterocycles. The van der Waals surface area contributed by atoms with E-state index in [1.165, 1.54) is 16.7 Å². The molecule has 0 unspecified atom stereocenters. The van der Waals surface area contributed by atoms with Crippen molar-refractivity contribution in [2.45, 2.75) is 47.0 Å². The van der Waals surface area contributed by atoms with Crippen LogP contribution in [-0.4, -0.2) is 5.11 Å². The average Bonchev–Trinajstić information content (AvgIpc) is 2.44. The Morgan fingerprint density at radius 1 is 0.773 bits per heavy atom. The molecule has 1 nitrogen and oxygen atoms in total. The normalized spacial score (nSPS) is 11.4. The Morgan fingerprint density at radius 2 is 1.32 bits per heavy atom. The van der Waals surface area contributed by atoms with Gasteiger partial charge in [0.05, 0.1) is 0 Å². The Hall–Kier alpha value is -1.76. The van der Waals surface area contributed by atoms with Gasteiger partial charge in [-0.25, -0.2) is 0 Å². The Morgan fingerprint density at radius 3 is 1.86 bits per heavy atom. The highest BCUT2D eigenvalue weighted by Crippen LogP contribution is 2.28. The molecule has 0 aliphatic carbocycles. The van der Waals surface area contributed by atoms with Crippen LogP contribution < -0.4 is 0 Å². The van der Waals surface area contributed by atoms with Gasteiger partial charge in [-0.1, -0.05) is 64.1 Å². The first-order valence-electron chi connectivity index (χ1n) is 8.33. The second-order valence-electron chi connectivity index (χ2n) is 7.11. The number of phenolic OH excluding ortho intramolecular Hbond substituents is 1. The van der Waals surface area contributed by atoms with Crippen LogP contribution in [0.25, 0.3) is 0 Å². The number of benzene rings is 2. The van der Waals surface area contributed by atoms with Crippen molar-refractivity contribution >= 4 is 0 Å². The van der Waals surface area contributed by atoms with Crippen LogP contribution >= 0.6 is 0 Å². The SMILES string of the molecule is CC(C)Cc1cc(O)c(Cc2ccccc2)cc1CC(C)C. The van der Waals surface area contributed by atoms with Crippen LogP contribution in [0.15, 0.2) is 42.5 Å². The zero-order chi connectivity index (χ0) is 16.1. The van der Waals surface area contributed by atoms with Gasteiger partial charge in [0, 0.05) is 6.42 Å². The maximum Gasteiger partial charge on any atom is 0.119 e. The highest BCUT2D eigenvalue weighted by atomic mass is 16.3. The van der Waals surface area contributed by atoms with E-state index in [9.17, 15) is 5.11 Å². The molecule has 1 N–H and O–H groups in total. The van der Waals surface area contributed by atoms with Gasteiger partial charge in [-0.2, -0.15) is 0 Å². The molecular weight excluding hydrogens is 268 g/mol. The second-order valence-corrected chi connectivity index (χ2v) is 7.11. The number of aromatic hydroxyl groups is 1. The van der Waals surface area contributed by atoms with Crippen molar-refractivity contribution < 1.29 is 5.11 Å². The molecular formula is C21H28O. The average molecular weight is 296 g/mol. The minimum atomic E-state index is 0.437. The summed E-state index contributed by atoms with van der Waals surface area (Å²) in [6, 6.07) is 14.6. The van der Waals surface area contributed by atoms with E-state index in [0.717, 1.165) is 24.8 Å². The maximum atomic E-state index is 10.4. The topological polar surface area (TPSA) is 20.2 Å². The van der Waals surface area contributed by atoms with Crippen molar-refractivity contribution in [3.8, 4) is 5.75 Å². The highest BCUT2D eigenvalue weighted by Gasteiger charge is 2.12. The fourth-order valence-corrected chi connectivity index (χ4v) is 2.94. The van der Waals surface area contributed by atoms with Crippen molar-refractivity contribution in [1.82, 2.24) is 0 Å².